The van der Waals surface area contributed by atoms with E-state index < -0.39 is 0 Å². The standard InChI is InChI=1S/C76H78O4/c1-49-12-20-53(21-13-49)65-45-61(28-32-69(65)77)75(62-29-33-70(78)66(46-62)54-22-14-50(2)15-23-54)40-36-57(37-41-75)73(5,6)59-10-9-11-60(44-59)74(7,8)58-38-42-76(43-39-58,63-30-34-71(79)67(47-63)55-24-16-51(3)17-25-55)64-31-35-72(80)68(48-64)56-26-18-52(4)19-27-56/h9-35,44-48,57-58,77-80H,36-43H2,1-8H3. The zero-order chi connectivity index (χ0) is 56.1. The summed E-state index contributed by atoms with van der Waals surface area (Å²) in [7, 11) is 0. The number of phenolic OH excluding ortho intramolecular Hbond substituents is 4. The second-order valence-corrected chi connectivity index (χ2v) is 25.1. The van der Waals surface area contributed by atoms with Gasteiger partial charge in [-0.15, -0.1) is 0 Å². The molecular formula is C76H78O4. The number of rotatable bonds is 12. The third kappa shape index (κ3) is 10.1. The summed E-state index contributed by atoms with van der Waals surface area (Å²) >= 11 is 0. The fourth-order valence-electron chi connectivity index (χ4n) is 14.1. The SMILES string of the molecule is Cc1ccc(-c2cc(C3(c4ccc(O)c(-c5ccc(C)cc5)c4)CCC(C(C)(C)c4cccc(C(C)(C)C5CCC(c6ccc(O)c(-c7ccc(C)cc7)c6)(c6ccc(O)c(-c7ccc(C)cc7)c6)CC5)c4)CC3)ccc2O)cc1. The molecule has 4 N–H and O–H groups in total. The Balaban J connectivity index is 0.893. The van der Waals surface area contributed by atoms with Crippen LogP contribution in [-0.4, -0.2) is 20.4 Å². The first-order valence-corrected chi connectivity index (χ1v) is 29.1. The highest BCUT2D eigenvalue weighted by molar-refractivity contribution is 5.76. The summed E-state index contributed by atoms with van der Waals surface area (Å²) in [6.45, 7) is 18.2. The van der Waals surface area contributed by atoms with Crippen molar-refractivity contribution in [1.82, 2.24) is 0 Å². The molecule has 0 aliphatic heterocycles. The largest absolute Gasteiger partial charge is 0.507 e. The van der Waals surface area contributed by atoms with Crippen molar-refractivity contribution in [2.24, 2.45) is 11.8 Å². The molecule has 4 nitrogen and oxygen atoms in total. The van der Waals surface area contributed by atoms with Gasteiger partial charge in [-0.3, -0.25) is 0 Å². The Labute approximate surface area is 475 Å². The van der Waals surface area contributed by atoms with Crippen LogP contribution < -0.4 is 0 Å². The lowest BCUT2D eigenvalue weighted by molar-refractivity contribution is 0.184. The van der Waals surface area contributed by atoms with Gasteiger partial charge in [0.05, 0.1) is 0 Å². The number of benzene rings is 9. The van der Waals surface area contributed by atoms with E-state index in [4.69, 9.17) is 0 Å². The second kappa shape index (κ2) is 21.3. The molecule has 9 aromatic rings. The lowest BCUT2D eigenvalue weighted by Crippen LogP contribution is -2.40. The molecular weight excluding hydrogens is 977 g/mol. The van der Waals surface area contributed by atoms with Crippen LogP contribution in [0.25, 0.3) is 44.5 Å². The molecule has 0 saturated heterocycles. The molecule has 0 radical (unpaired) electrons. The minimum atomic E-state index is -0.350. The summed E-state index contributed by atoms with van der Waals surface area (Å²) in [6.07, 6.45) is 7.75. The van der Waals surface area contributed by atoms with E-state index in [0.29, 0.717) is 11.8 Å². The zero-order valence-corrected chi connectivity index (χ0v) is 48.1. The maximum Gasteiger partial charge on any atom is 0.123 e. The molecule has 0 bridgehead atoms. The van der Waals surface area contributed by atoms with E-state index in [2.05, 4.69) is 225 Å². The van der Waals surface area contributed by atoms with Gasteiger partial charge >= 0.3 is 0 Å². The first-order valence-electron chi connectivity index (χ1n) is 29.1. The van der Waals surface area contributed by atoms with Gasteiger partial charge in [-0.2, -0.15) is 0 Å². The van der Waals surface area contributed by atoms with Gasteiger partial charge in [-0.1, -0.05) is 196 Å². The van der Waals surface area contributed by atoms with Crippen molar-refractivity contribution in [3.8, 4) is 67.5 Å². The van der Waals surface area contributed by atoms with E-state index in [1.165, 1.54) is 55.6 Å². The van der Waals surface area contributed by atoms with Crippen LogP contribution in [0.2, 0.25) is 0 Å². The molecule has 9 aromatic carbocycles. The van der Waals surface area contributed by atoms with Gasteiger partial charge in [-0.25, -0.2) is 0 Å². The molecule has 406 valence electrons. The van der Waals surface area contributed by atoms with Crippen LogP contribution in [0.4, 0.5) is 0 Å². The van der Waals surface area contributed by atoms with Crippen molar-refractivity contribution in [3.63, 3.8) is 0 Å². The average molecular weight is 1060 g/mol. The summed E-state index contributed by atoms with van der Waals surface area (Å²) in [4.78, 5) is 0. The van der Waals surface area contributed by atoms with Crippen LogP contribution in [0.1, 0.15) is 135 Å². The minimum absolute atomic E-state index is 0.119. The zero-order valence-electron chi connectivity index (χ0n) is 48.1. The van der Waals surface area contributed by atoms with Crippen LogP contribution in [0, 0.1) is 39.5 Å². The van der Waals surface area contributed by atoms with Crippen LogP contribution in [0.5, 0.6) is 23.0 Å². The molecule has 0 aromatic heterocycles. The highest BCUT2D eigenvalue weighted by atomic mass is 16.3. The molecule has 0 heterocycles. The van der Waals surface area contributed by atoms with Crippen molar-refractivity contribution < 1.29 is 20.4 Å². The van der Waals surface area contributed by atoms with Gasteiger partial charge < -0.3 is 20.4 Å². The minimum Gasteiger partial charge on any atom is -0.507 e. The third-order valence-corrected chi connectivity index (χ3v) is 19.7. The predicted octanol–water partition coefficient (Wildman–Crippen LogP) is 19.3. The smallest absolute Gasteiger partial charge is 0.123 e. The first kappa shape index (κ1) is 54.2. The normalized spacial score (nSPS) is 15.9. The molecule has 2 aliphatic carbocycles. The maximum absolute atomic E-state index is 11.4. The highest BCUT2D eigenvalue weighted by Gasteiger charge is 2.46. The van der Waals surface area contributed by atoms with Gasteiger partial charge in [0.1, 0.15) is 23.0 Å². The second-order valence-electron chi connectivity index (χ2n) is 25.1. The van der Waals surface area contributed by atoms with Gasteiger partial charge in [-0.05, 0) is 206 Å². The topological polar surface area (TPSA) is 80.9 Å². The predicted molar refractivity (Wildman–Crippen MR) is 331 cm³/mol. The molecule has 2 aliphatic rings. The number of phenols is 4. The quantitative estimate of drug-likeness (QED) is 0.0983. The van der Waals surface area contributed by atoms with Gasteiger partial charge in [0.15, 0.2) is 0 Å². The summed E-state index contributed by atoms with van der Waals surface area (Å²) in [5.74, 6) is 1.93. The lowest BCUT2D eigenvalue weighted by atomic mass is 9.56. The average Bonchev–Trinajstić information content (AvgIpc) is 3.53. The van der Waals surface area contributed by atoms with Crippen molar-refractivity contribution in [2.75, 3.05) is 0 Å². The number of aromatic hydroxyl groups is 4. The van der Waals surface area contributed by atoms with E-state index in [1.54, 1.807) is 0 Å². The Bertz CT molecular complexity index is 3240. The number of hydrogen-bond acceptors (Lipinski definition) is 4. The van der Waals surface area contributed by atoms with Crippen molar-refractivity contribution in [2.45, 2.75) is 128 Å². The monoisotopic (exact) mass is 1050 g/mol. The molecule has 2 fully saturated rings. The Morgan fingerprint density at radius 2 is 0.550 bits per heavy atom. The molecule has 80 heavy (non-hydrogen) atoms. The van der Waals surface area contributed by atoms with E-state index in [-0.39, 0.29) is 44.7 Å². The summed E-state index contributed by atoms with van der Waals surface area (Å²) in [5.41, 5.74) is 18.6. The van der Waals surface area contributed by atoms with Gasteiger partial charge in [0, 0.05) is 33.1 Å². The lowest BCUT2D eigenvalue weighted by Gasteiger charge is -2.47. The third-order valence-electron chi connectivity index (χ3n) is 19.7. The molecule has 0 amide bonds. The Kier molecular flexibility index (Phi) is 14.4. The van der Waals surface area contributed by atoms with Gasteiger partial charge in [0.25, 0.3) is 0 Å². The molecule has 0 spiro atoms. The molecule has 0 unspecified atom stereocenters. The highest BCUT2D eigenvalue weighted by Crippen LogP contribution is 2.56. The Hall–Kier alpha value is -7.82. The van der Waals surface area contributed by atoms with Gasteiger partial charge in [0.2, 0.25) is 0 Å². The maximum atomic E-state index is 11.4. The van der Waals surface area contributed by atoms with Crippen molar-refractivity contribution in [1.29, 1.82) is 0 Å². The molecule has 11 rings (SSSR count). The van der Waals surface area contributed by atoms with Crippen molar-refractivity contribution >= 4 is 0 Å². The number of aryl methyl sites for hydroxylation is 4. The summed E-state index contributed by atoms with van der Waals surface area (Å²) in [6, 6.07) is 68.2. The molecule has 4 heteroatoms. The summed E-state index contributed by atoms with van der Waals surface area (Å²) < 4.78 is 0. The molecule has 2 saturated carbocycles. The van der Waals surface area contributed by atoms with Crippen LogP contribution >= 0.6 is 0 Å². The molecule has 0 atom stereocenters. The van der Waals surface area contributed by atoms with Crippen LogP contribution in [0.3, 0.4) is 0 Å². The first-order chi connectivity index (χ1) is 38.3. The van der Waals surface area contributed by atoms with E-state index in [0.717, 1.165) is 95.9 Å². The fourth-order valence-corrected chi connectivity index (χ4v) is 14.1. The fraction of sp³-hybridized carbons (Fsp3) is 0.289. The van der Waals surface area contributed by atoms with Crippen molar-refractivity contribution in [3.05, 3.63) is 250 Å². The van der Waals surface area contributed by atoms with E-state index in [1.807, 2.05) is 24.3 Å². The Morgan fingerprint density at radius 3 is 0.787 bits per heavy atom. The Morgan fingerprint density at radius 1 is 0.312 bits per heavy atom. The number of hydrogen-bond donors (Lipinski definition) is 4. The van der Waals surface area contributed by atoms with Crippen LogP contribution in [-0.2, 0) is 21.7 Å². The summed E-state index contributed by atoms with van der Waals surface area (Å²) in [5, 5.41) is 45.6. The van der Waals surface area contributed by atoms with Crippen LogP contribution in [0.15, 0.2) is 194 Å². The van der Waals surface area contributed by atoms with E-state index in [9.17, 15) is 20.4 Å². The van der Waals surface area contributed by atoms with E-state index >= 15 is 0 Å².